The number of rotatable bonds is 2. The van der Waals surface area contributed by atoms with Gasteiger partial charge < -0.3 is 5.73 Å². The Balaban J connectivity index is 2.22. The summed E-state index contributed by atoms with van der Waals surface area (Å²) in [6.07, 6.45) is 0. The summed E-state index contributed by atoms with van der Waals surface area (Å²) in [5, 5.41) is 8.47. The van der Waals surface area contributed by atoms with Crippen LogP contribution in [-0.4, -0.2) is 10.2 Å². The van der Waals surface area contributed by atoms with E-state index in [-0.39, 0.29) is 0 Å². The zero-order valence-electron chi connectivity index (χ0n) is 11.3. The van der Waals surface area contributed by atoms with Crippen molar-refractivity contribution in [3.63, 3.8) is 0 Å². The van der Waals surface area contributed by atoms with Gasteiger partial charge in [0, 0.05) is 10.6 Å². The van der Waals surface area contributed by atoms with Crippen LogP contribution in [-0.2, 0) is 0 Å². The van der Waals surface area contributed by atoms with Crippen LogP contribution in [0.2, 0.25) is 10.0 Å². The molecule has 0 aliphatic heterocycles. The third kappa shape index (κ3) is 2.50. The van der Waals surface area contributed by atoms with Gasteiger partial charge in [0.05, 0.1) is 16.3 Å². The maximum Gasteiger partial charge on any atom is 0.153 e. The average Bonchev–Trinajstić information content (AvgIpc) is 2.85. The summed E-state index contributed by atoms with van der Waals surface area (Å²) in [4.78, 5) is 0. The summed E-state index contributed by atoms with van der Waals surface area (Å²) in [5.74, 6) is 0.435. The minimum atomic E-state index is 0.435. The lowest BCUT2D eigenvalue weighted by molar-refractivity contribution is 1.10. The van der Waals surface area contributed by atoms with Crippen LogP contribution < -0.4 is 5.73 Å². The maximum atomic E-state index is 6.41. The second-order valence-electron chi connectivity index (χ2n) is 4.80. The number of aromatic amines is 1. The Labute approximate surface area is 132 Å². The van der Waals surface area contributed by atoms with Gasteiger partial charge in [-0.3, -0.25) is 5.10 Å². The molecule has 0 atom stereocenters. The summed E-state index contributed by atoms with van der Waals surface area (Å²) in [6.45, 7) is 1.97. The Morgan fingerprint density at radius 1 is 1.05 bits per heavy atom. The molecule has 0 spiro atoms. The standard InChI is InChI=1S/C16H13Cl2N3/c1-9-3-2-4-12(14(9)18)15-13(16(19)21-20-15)10-5-7-11(17)8-6-10/h2-8H,1H3,(H3,19,20,21). The molecule has 0 saturated heterocycles. The van der Waals surface area contributed by atoms with Gasteiger partial charge in [-0.25, -0.2) is 0 Å². The van der Waals surface area contributed by atoms with Crippen molar-refractivity contribution in [2.24, 2.45) is 0 Å². The van der Waals surface area contributed by atoms with Crippen molar-refractivity contribution >= 4 is 29.0 Å². The normalized spacial score (nSPS) is 10.8. The largest absolute Gasteiger partial charge is 0.382 e. The summed E-state index contributed by atoms with van der Waals surface area (Å²) in [5.41, 5.74) is 10.5. The van der Waals surface area contributed by atoms with E-state index in [0.29, 0.717) is 15.9 Å². The molecule has 0 bridgehead atoms. The topological polar surface area (TPSA) is 54.7 Å². The zero-order valence-corrected chi connectivity index (χ0v) is 12.8. The number of aromatic nitrogens is 2. The van der Waals surface area contributed by atoms with Crippen molar-refractivity contribution in [1.82, 2.24) is 10.2 Å². The third-order valence-corrected chi connectivity index (χ3v) is 4.14. The van der Waals surface area contributed by atoms with E-state index in [1.165, 1.54) is 0 Å². The number of anilines is 1. The van der Waals surface area contributed by atoms with Gasteiger partial charge in [0.15, 0.2) is 5.82 Å². The fourth-order valence-corrected chi connectivity index (χ4v) is 2.65. The van der Waals surface area contributed by atoms with Crippen LogP contribution in [0.4, 0.5) is 5.82 Å². The molecule has 21 heavy (non-hydrogen) atoms. The Bertz CT molecular complexity index is 792. The minimum absolute atomic E-state index is 0.435. The van der Waals surface area contributed by atoms with Gasteiger partial charge in [0.25, 0.3) is 0 Å². The Hall–Kier alpha value is -1.97. The Morgan fingerprint density at radius 2 is 1.76 bits per heavy atom. The van der Waals surface area contributed by atoms with Gasteiger partial charge in [-0.1, -0.05) is 53.5 Å². The lowest BCUT2D eigenvalue weighted by Crippen LogP contribution is -1.89. The van der Waals surface area contributed by atoms with E-state index in [9.17, 15) is 0 Å². The molecule has 0 aliphatic rings. The molecule has 1 aromatic heterocycles. The molecule has 0 aliphatic carbocycles. The predicted molar refractivity (Wildman–Crippen MR) is 88.6 cm³/mol. The maximum absolute atomic E-state index is 6.41. The summed E-state index contributed by atoms with van der Waals surface area (Å²) < 4.78 is 0. The molecule has 1 heterocycles. The fourth-order valence-electron chi connectivity index (χ4n) is 2.30. The first-order valence-electron chi connectivity index (χ1n) is 6.43. The van der Waals surface area contributed by atoms with E-state index >= 15 is 0 Å². The van der Waals surface area contributed by atoms with Crippen LogP contribution in [0, 0.1) is 6.92 Å². The van der Waals surface area contributed by atoms with Gasteiger partial charge in [0.1, 0.15) is 0 Å². The molecule has 2 aromatic carbocycles. The van der Waals surface area contributed by atoms with E-state index in [2.05, 4.69) is 10.2 Å². The number of hydrogen-bond acceptors (Lipinski definition) is 2. The van der Waals surface area contributed by atoms with Crippen molar-refractivity contribution in [3.05, 3.63) is 58.1 Å². The Kier molecular flexibility index (Phi) is 3.62. The first-order valence-corrected chi connectivity index (χ1v) is 7.19. The van der Waals surface area contributed by atoms with Crippen LogP contribution in [0.5, 0.6) is 0 Å². The number of nitrogens with one attached hydrogen (secondary N) is 1. The van der Waals surface area contributed by atoms with Crippen LogP contribution >= 0.6 is 23.2 Å². The lowest BCUT2D eigenvalue weighted by atomic mass is 10.00. The summed E-state index contributed by atoms with van der Waals surface area (Å²) in [6, 6.07) is 13.3. The van der Waals surface area contributed by atoms with Crippen molar-refractivity contribution in [2.45, 2.75) is 6.92 Å². The summed E-state index contributed by atoms with van der Waals surface area (Å²) in [7, 11) is 0. The number of hydrogen-bond donors (Lipinski definition) is 2. The highest BCUT2D eigenvalue weighted by Crippen LogP contribution is 2.38. The van der Waals surface area contributed by atoms with Crippen LogP contribution in [0.1, 0.15) is 5.56 Å². The van der Waals surface area contributed by atoms with Gasteiger partial charge in [-0.05, 0) is 30.2 Å². The average molecular weight is 318 g/mol. The smallest absolute Gasteiger partial charge is 0.153 e. The fraction of sp³-hybridized carbons (Fsp3) is 0.0625. The Morgan fingerprint density at radius 3 is 2.48 bits per heavy atom. The lowest BCUT2D eigenvalue weighted by Gasteiger charge is -2.08. The second-order valence-corrected chi connectivity index (χ2v) is 5.62. The number of H-pyrrole nitrogens is 1. The highest BCUT2D eigenvalue weighted by atomic mass is 35.5. The van der Waals surface area contributed by atoms with E-state index in [1.807, 2.05) is 49.4 Å². The minimum Gasteiger partial charge on any atom is -0.382 e. The number of benzene rings is 2. The number of halogens is 2. The molecule has 0 radical (unpaired) electrons. The van der Waals surface area contributed by atoms with E-state index in [1.54, 1.807) is 0 Å². The highest BCUT2D eigenvalue weighted by Gasteiger charge is 2.17. The quantitative estimate of drug-likeness (QED) is 0.703. The van der Waals surface area contributed by atoms with Crippen LogP contribution in [0.25, 0.3) is 22.4 Å². The third-order valence-electron chi connectivity index (χ3n) is 3.39. The molecule has 0 fully saturated rings. The molecule has 0 unspecified atom stereocenters. The van der Waals surface area contributed by atoms with Gasteiger partial charge in [-0.2, -0.15) is 5.10 Å². The SMILES string of the molecule is Cc1cccc(-c2[nH]nc(N)c2-c2ccc(Cl)cc2)c1Cl. The highest BCUT2D eigenvalue weighted by molar-refractivity contribution is 6.34. The first-order chi connectivity index (χ1) is 10.1. The van der Waals surface area contributed by atoms with E-state index in [4.69, 9.17) is 28.9 Å². The van der Waals surface area contributed by atoms with Crippen molar-refractivity contribution in [2.75, 3.05) is 5.73 Å². The second kappa shape index (κ2) is 5.43. The molecular formula is C16H13Cl2N3. The van der Waals surface area contributed by atoms with E-state index in [0.717, 1.165) is 27.9 Å². The monoisotopic (exact) mass is 317 g/mol. The zero-order chi connectivity index (χ0) is 15.0. The summed E-state index contributed by atoms with van der Waals surface area (Å²) >= 11 is 12.4. The first kappa shape index (κ1) is 14.0. The molecule has 3 nitrogen and oxygen atoms in total. The number of nitrogen functional groups attached to an aromatic ring is 1. The number of aryl methyl sites for hydroxylation is 1. The van der Waals surface area contributed by atoms with Gasteiger partial charge in [0.2, 0.25) is 0 Å². The van der Waals surface area contributed by atoms with Gasteiger partial charge >= 0.3 is 0 Å². The van der Waals surface area contributed by atoms with Crippen molar-refractivity contribution in [1.29, 1.82) is 0 Å². The number of nitrogens with two attached hydrogens (primary N) is 1. The molecule has 0 amide bonds. The van der Waals surface area contributed by atoms with Crippen molar-refractivity contribution < 1.29 is 0 Å². The molecular weight excluding hydrogens is 305 g/mol. The molecule has 0 saturated carbocycles. The molecule has 3 aromatic rings. The molecule has 3 rings (SSSR count). The molecule has 5 heteroatoms. The van der Waals surface area contributed by atoms with Gasteiger partial charge in [-0.15, -0.1) is 0 Å². The predicted octanol–water partition coefficient (Wildman–Crippen LogP) is 4.94. The van der Waals surface area contributed by atoms with Crippen LogP contribution in [0.3, 0.4) is 0 Å². The number of nitrogens with zero attached hydrogens (tertiary/aromatic N) is 1. The van der Waals surface area contributed by atoms with Crippen molar-refractivity contribution in [3.8, 4) is 22.4 Å². The van der Waals surface area contributed by atoms with Crippen LogP contribution in [0.15, 0.2) is 42.5 Å². The molecule has 3 N–H and O–H groups in total. The molecule has 106 valence electrons. The van der Waals surface area contributed by atoms with E-state index < -0.39 is 0 Å².